The van der Waals surface area contributed by atoms with Crippen LogP contribution < -0.4 is 15.4 Å². The van der Waals surface area contributed by atoms with Gasteiger partial charge in [0.2, 0.25) is 5.91 Å². The van der Waals surface area contributed by atoms with E-state index in [2.05, 4.69) is 10.6 Å². The zero-order valence-electron chi connectivity index (χ0n) is 17.2. The Balaban J connectivity index is 1.55. The Morgan fingerprint density at radius 3 is 2.47 bits per heavy atom. The van der Waals surface area contributed by atoms with Crippen LogP contribution in [0.4, 0.5) is 5.69 Å². The predicted molar refractivity (Wildman–Crippen MR) is 119 cm³/mol. The fraction of sp³-hybridized carbons (Fsp3) is 0.200. The standard InChI is InChI=1S/C25H26N2O3/c1-18(26-24(28)15-14-19-8-6-13-23(16-19)30-2)21-11-7-12-22(17-21)27-25(29)20-9-4-3-5-10-20/h3-13,16-18H,14-15H2,1-2H3,(H,26,28)(H,27,29). The van der Waals surface area contributed by atoms with Gasteiger partial charge in [0.25, 0.3) is 5.91 Å². The van der Waals surface area contributed by atoms with Crippen LogP contribution in [0.2, 0.25) is 0 Å². The maximum absolute atomic E-state index is 12.4. The molecular weight excluding hydrogens is 376 g/mol. The summed E-state index contributed by atoms with van der Waals surface area (Å²) >= 11 is 0. The highest BCUT2D eigenvalue weighted by molar-refractivity contribution is 6.04. The maximum atomic E-state index is 12.4. The number of ether oxygens (including phenoxy) is 1. The Labute approximate surface area is 177 Å². The molecule has 0 spiro atoms. The molecule has 0 heterocycles. The van der Waals surface area contributed by atoms with Gasteiger partial charge < -0.3 is 15.4 Å². The third-order valence-electron chi connectivity index (χ3n) is 4.83. The van der Waals surface area contributed by atoms with Crippen molar-refractivity contribution in [2.24, 2.45) is 0 Å². The van der Waals surface area contributed by atoms with Gasteiger partial charge in [-0.3, -0.25) is 9.59 Å². The lowest BCUT2D eigenvalue weighted by Crippen LogP contribution is -2.26. The van der Waals surface area contributed by atoms with Crippen molar-refractivity contribution >= 4 is 17.5 Å². The lowest BCUT2D eigenvalue weighted by molar-refractivity contribution is -0.121. The van der Waals surface area contributed by atoms with Crippen molar-refractivity contribution in [3.05, 3.63) is 95.6 Å². The molecule has 0 saturated carbocycles. The number of nitrogens with one attached hydrogen (secondary N) is 2. The van der Waals surface area contributed by atoms with Gasteiger partial charge in [-0.05, 0) is 60.9 Å². The number of carbonyl (C=O) groups excluding carboxylic acids is 2. The van der Waals surface area contributed by atoms with E-state index >= 15 is 0 Å². The van der Waals surface area contributed by atoms with E-state index in [1.54, 1.807) is 19.2 Å². The molecule has 1 unspecified atom stereocenters. The number of carbonyl (C=O) groups is 2. The monoisotopic (exact) mass is 402 g/mol. The largest absolute Gasteiger partial charge is 0.497 e. The number of hydrogen-bond donors (Lipinski definition) is 2. The average Bonchev–Trinajstić information content (AvgIpc) is 2.78. The molecule has 5 nitrogen and oxygen atoms in total. The van der Waals surface area contributed by atoms with Crippen molar-refractivity contribution in [2.75, 3.05) is 12.4 Å². The summed E-state index contributed by atoms with van der Waals surface area (Å²) in [6.07, 6.45) is 1.03. The molecule has 0 bridgehead atoms. The minimum Gasteiger partial charge on any atom is -0.497 e. The van der Waals surface area contributed by atoms with Crippen LogP contribution in [-0.4, -0.2) is 18.9 Å². The number of methoxy groups -OCH3 is 1. The second-order valence-corrected chi connectivity index (χ2v) is 7.09. The minimum atomic E-state index is -0.170. The van der Waals surface area contributed by atoms with E-state index in [-0.39, 0.29) is 17.9 Å². The van der Waals surface area contributed by atoms with E-state index in [0.717, 1.165) is 16.9 Å². The van der Waals surface area contributed by atoms with E-state index in [1.807, 2.05) is 73.7 Å². The third kappa shape index (κ3) is 5.95. The molecule has 30 heavy (non-hydrogen) atoms. The molecule has 0 fully saturated rings. The van der Waals surface area contributed by atoms with Gasteiger partial charge in [-0.15, -0.1) is 0 Å². The van der Waals surface area contributed by atoms with Gasteiger partial charge in [-0.2, -0.15) is 0 Å². The third-order valence-corrected chi connectivity index (χ3v) is 4.83. The Hall–Kier alpha value is -3.60. The van der Waals surface area contributed by atoms with E-state index in [4.69, 9.17) is 4.74 Å². The SMILES string of the molecule is COc1cccc(CCC(=O)NC(C)c2cccc(NC(=O)c3ccccc3)c2)c1. The second kappa shape index (κ2) is 10.3. The number of benzene rings is 3. The summed E-state index contributed by atoms with van der Waals surface area (Å²) in [5.41, 5.74) is 3.28. The van der Waals surface area contributed by atoms with Crippen LogP contribution in [0.15, 0.2) is 78.9 Å². The first-order chi connectivity index (χ1) is 14.5. The summed E-state index contributed by atoms with van der Waals surface area (Å²) in [6.45, 7) is 1.93. The Morgan fingerprint density at radius 2 is 1.70 bits per heavy atom. The second-order valence-electron chi connectivity index (χ2n) is 7.09. The van der Waals surface area contributed by atoms with Crippen LogP contribution in [0.25, 0.3) is 0 Å². The van der Waals surface area contributed by atoms with Crippen molar-refractivity contribution in [1.29, 1.82) is 0 Å². The van der Waals surface area contributed by atoms with Crippen LogP contribution in [0.5, 0.6) is 5.75 Å². The van der Waals surface area contributed by atoms with E-state index in [9.17, 15) is 9.59 Å². The van der Waals surface area contributed by atoms with Gasteiger partial charge in [-0.1, -0.05) is 42.5 Å². The maximum Gasteiger partial charge on any atom is 0.255 e. The molecule has 0 radical (unpaired) electrons. The first-order valence-electron chi connectivity index (χ1n) is 9.94. The molecule has 3 aromatic rings. The molecule has 5 heteroatoms. The molecular formula is C25H26N2O3. The van der Waals surface area contributed by atoms with Gasteiger partial charge in [0.05, 0.1) is 13.2 Å². The fourth-order valence-electron chi connectivity index (χ4n) is 3.16. The Bertz CT molecular complexity index is 1000. The van der Waals surface area contributed by atoms with Crippen molar-refractivity contribution < 1.29 is 14.3 Å². The highest BCUT2D eigenvalue weighted by atomic mass is 16.5. The zero-order valence-corrected chi connectivity index (χ0v) is 17.2. The summed E-state index contributed by atoms with van der Waals surface area (Å²) in [4.78, 5) is 24.7. The normalized spacial score (nSPS) is 11.4. The first-order valence-corrected chi connectivity index (χ1v) is 9.94. The van der Waals surface area contributed by atoms with Crippen LogP contribution in [0.3, 0.4) is 0 Å². The lowest BCUT2D eigenvalue weighted by Gasteiger charge is -2.16. The van der Waals surface area contributed by atoms with Crippen molar-refractivity contribution in [1.82, 2.24) is 5.32 Å². The molecule has 0 saturated heterocycles. The van der Waals surface area contributed by atoms with Crippen LogP contribution in [0, 0.1) is 0 Å². The van der Waals surface area contributed by atoms with Gasteiger partial charge in [0.15, 0.2) is 0 Å². The average molecular weight is 402 g/mol. The molecule has 2 N–H and O–H groups in total. The molecule has 1 atom stereocenters. The quantitative estimate of drug-likeness (QED) is 0.571. The summed E-state index contributed by atoms with van der Waals surface area (Å²) in [7, 11) is 1.63. The van der Waals surface area contributed by atoms with Crippen LogP contribution in [-0.2, 0) is 11.2 Å². The molecule has 0 aliphatic carbocycles. The van der Waals surface area contributed by atoms with Crippen molar-refractivity contribution in [2.45, 2.75) is 25.8 Å². The summed E-state index contributed by atoms with van der Waals surface area (Å²) < 4.78 is 5.22. The van der Waals surface area contributed by atoms with E-state index < -0.39 is 0 Å². The summed E-state index contributed by atoms with van der Waals surface area (Å²) in [5, 5.41) is 5.93. The highest BCUT2D eigenvalue weighted by Gasteiger charge is 2.12. The number of anilines is 1. The molecule has 154 valence electrons. The predicted octanol–water partition coefficient (Wildman–Crippen LogP) is 4.76. The minimum absolute atomic E-state index is 0.0240. The molecule has 0 aromatic heterocycles. The van der Waals surface area contributed by atoms with Crippen molar-refractivity contribution in [3.63, 3.8) is 0 Å². The van der Waals surface area contributed by atoms with Gasteiger partial charge in [0, 0.05) is 17.7 Å². The van der Waals surface area contributed by atoms with E-state index in [1.165, 1.54) is 0 Å². The number of aryl methyl sites for hydroxylation is 1. The number of rotatable bonds is 8. The van der Waals surface area contributed by atoms with Gasteiger partial charge >= 0.3 is 0 Å². The fourth-order valence-corrected chi connectivity index (χ4v) is 3.16. The molecule has 3 rings (SSSR count). The number of hydrogen-bond acceptors (Lipinski definition) is 3. The van der Waals surface area contributed by atoms with Gasteiger partial charge in [-0.25, -0.2) is 0 Å². The highest BCUT2D eigenvalue weighted by Crippen LogP contribution is 2.19. The van der Waals surface area contributed by atoms with Crippen LogP contribution in [0.1, 0.15) is 40.9 Å². The first kappa shape index (κ1) is 21.1. The number of amides is 2. The van der Waals surface area contributed by atoms with E-state index in [0.29, 0.717) is 24.1 Å². The molecule has 3 aromatic carbocycles. The molecule has 0 aliphatic heterocycles. The summed E-state index contributed by atoms with van der Waals surface area (Å²) in [6, 6.07) is 24.1. The van der Waals surface area contributed by atoms with Crippen molar-refractivity contribution in [3.8, 4) is 5.75 Å². The van der Waals surface area contributed by atoms with Gasteiger partial charge in [0.1, 0.15) is 5.75 Å². The lowest BCUT2D eigenvalue weighted by atomic mass is 10.1. The topological polar surface area (TPSA) is 67.4 Å². The molecule has 2 amide bonds. The van der Waals surface area contributed by atoms with Crippen LogP contribution >= 0.6 is 0 Å². The Morgan fingerprint density at radius 1 is 0.933 bits per heavy atom. The zero-order chi connectivity index (χ0) is 21.3. The Kier molecular flexibility index (Phi) is 7.22. The smallest absolute Gasteiger partial charge is 0.255 e. The summed E-state index contributed by atoms with van der Waals surface area (Å²) in [5.74, 6) is 0.599. The molecule has 0 aliphatic rings.